The molecule has 1 aliphatic heterocycles. The number of carbonyl (C=O) groups excluding carboxylic acids is 2. The van der Waals surface area contributed by atoms with Crippen LogP contribution in [0.25, 0.3) is 11.0 Å². The van der Waals surface area contributed by atoms with Crippen molar-refractivity contribution in [3.8, 4) is 5.75 Å². The third-order valence-corrected chi connectivity index (χ3v) is 6.81. The predicted octanol–water partition coefficient (Wildman–Crippen LogP) is 3.52. The van der Waals surface area contributed by atoms with Crippen LogP contribution in [0, 0.1) is 11.6 Å². The molecule has 2 aromatic carbocycles. The first-order valence-corrected chi connectivity index (χ1v) is 12.6. The number of likely N-dealkylation sites (tertiary alicyclic amines) is 1. The topological polar surface area (TPSA) is 105 Å². The van der Waals surface area contributed by atoms with E-state index in [9.17, 15) is 28.3 Å². The van der Waals surface area contributed by atoms with E-state index >= 15 is 0 Å². The van der Waals surface area contributed by atoms with Crippen LogP contribution in [-0.2, 0) is 24.3 Å². The maximum atomic E-state index is 13.6. The lowest BCUT2D eigenvalue weighted by molar-refractivity contribution is -0.127. The van der Waals surface area contributed by atoms with Gasteiger partial charge in [0.2, 0.25) is 5.91 Å². The highest BCUT2D eigenvalue weighted by Gasteiger charge is 2.25. The van der Waals surface area contributed by atoms with Gasteiger partial charge in [0.1, 0.15) is 22.7 Å². The van der Waals surface area contributed by atoms with Crippen LogP contribution in [0.1, 0.15) is 39.9 Å². The number of fused-ring (bicyclic) bond motifs is 1. The van der Waals surface area contributed by atoms with Gasteiger partial charge < -0.3 is 19.9 Å². The number of aromatic hydroxyl groups is 1. The van der Waals surface area contributed by atoms with Gasteiger partial charge in [-0.1, -0.05) is 24.3 Å². The number of carbonyl (C=O) groups is 2. The SMILES string of the molecule is O=C(NCc1ccc(F)cc1)c1c(O)c2ncc(Cc3ccc(F)cc3)cc2n(CCN2CCCC2=O)c1=O. The van der Waals surface area contributed by atoms with E-state index in [0.717, 1.165) is 12.0 Å². The Hall–Kier alpha value is -4.60. The Bertz CT molecular complexity index is 1600. The van der Waals surface area contributed by atoms with Crippen LogP contribution < -0.4 is 10.9 Å². The number of hydrogen-bond donors (Lipinski definition) is 2. The van der Waals surface area contributed by atoms with E-state index < -0.39 is 28.6 Å². The summed E-state index contributed by atoms with van der Waals surface area (Å²) in [5, 5.41) is 13.6. The molecule has 0 bridgehead atoms. The molecule has 1 saturated heterocycles. The third-order valence-electron chi connectivity index (χ3n) is 6.81. The van der Waals surface area contributed by atoms with Crippen molar-refractivity contribution >= 4 is 22.8 Å². The average molecular weight is 533 g/mol. The standard InChI is InChI=1S/C29H26F2N4O4/c30-21-7-3-18(4-8-21)14-20-15-23-26(32-17-20)27(37)25(28(38)33-16-19-5-9-22(31)10-6-19)29(39)35(23)13-12-34-11-1-2-24(34)36/h3-10,15,17,37H,1-2,11-14,16H2,(H,33,38). The van der Waals surface area contributed by atoms with Gasteiger partial charge in [-0.15, -0.1) is 0 Å². The Morgan fingerprint density at radius 1 is 0.949 bits per heavy atom. The summed E-state index contributed by atoms with van der Waals surface area (Å²) in [6, 6.07) is 13.2. The molecule has 5 rings (SSSR count). The third kappa shape index (κ3) is 5.64. The fraction of sp³-hybridized carbons (Fsp3) is 0.241. The van der Waals surface area contributed by atoms with Crippen molar-refractivity contribution in [1.29, 1.82) is 0 Å². The average Bonchev–Trinajstić information content (AvgIpc) is 3.34. The zero-order valence-electron chi connectivity index (χ0n) is 21.0. The highest BCUT2D eigenvalue weighted by atomic mass is 19.1. The number of nitrogens with zero attached hydrogens (tertiary/aromatic N) is 3. The van der Waals surface area contributed by atoms with Gasteiger partial charge in [-0.05, 0) is 59.9 Å². The summed E-state index contributed by atoms with van der Waals surface area (Å²) < 4.78 is 27.9. The molecule has 200 valence electrons. The van der Waals surface area contributed by atoms with E-state index in [1.165, 1.54) is 47.2 Å². The van der Waals surface area contributed by atoms with Crippen LogP contribution in [0.5, 0.6) is 5.75 Å². The molecule has 3 heterocycles. The lowest BCUT2D eigenvalue weighted by Gasteiger charge is -2.19. The first-order chi connectivity index (χ1) is 18.8. The molecule has 0 saturated carbocycles. The number of pyridine rings is 2. The van der Waals surface area contributed by atoms with Crippen molar-refractivity contribution in [1.82, 2.24) is 19.8 Å². The number of amides is 2. The summed E-state index contributed by atoms with van der Waals surface area (Å²) in [5.74, 6) is -2.11. The maximum absolute atomic E-state index is 13.6. The molecular formula is C29H26F2N4O4. The second kappa shape index (κ2) is 11.0. The summed E-state index contributed by atoms with van der Waals surface area (Å²) in [6.45, 7) is 0.962. The second-order valence-electron chi connectivity index (χ2n) is 9.49. The first kappa shape index (κ1) is 26.0. The van der Waals surface area contributed by atoms with Gasteiger partial charge in [0.05, 0.1) is 5.52 Å². The highest BCUT2D eigenvalue weighted by Crippen LogP contribution is 2.26. The summed E-state index contributed by atoms with van der Waals surface area (Å²) in [7, 11) is 0. The number of aromatic nitrogens is 2. The van der Waals surface area contributed by atoms with Crippen molar-refractivity contribution in [2.75, 3.05) is 13.1 Å². The Morgan fingerprint density at radius 2 is 1.62 bits per heavy atom. The van der Waals surface area contributed by atoms with Crippen LogP contribution in [0.3, 0.4) is 0 Å². The van der Waals surface area contributed by atoms with Crippen LogP contribution >= 0.6 is 0 Å². The van der Waals surface area contributed by atoms with Gasteiger partial charge >= 0.3 is 0 Å². The molecule has 8 nitrogen and oxygen atoms in total. The molecular weight excluding hydrogens is 506 g/mol. The summed E-state index contributed by atoms with van der Waals surface area (Å²) in [4.78, 5) is 44.9. The molecule has 4 aromatic rings. The van der Waals surface area contributed by atoms with E-state index in [1.807, 2.05) is 0 Å². The molecule has 1 fully saturated rings. The van der Waals surface area contributed by atoms with Crippen LogP contribution in [0.4, 0.5) is 8.78 Å². The molecule has 0 aliphatic carbocycles. The smallest absolute Gasteiger partial charge is 0.267 e. The minimum atomic E-state index is -0.799. The number of rotatable bonds is 8. The molecule has 0 atom stereocenters. The van der Waals surface area contributed by atoms with E-state index in [4.69, 9.17) is 0 Å². The predicted molar refractivity (Wildman–Crippen MR) is 140 cm³/mol. The quantitative estimate of drug-likeness (QED) is 0.361. The van der Waals surface area contributed by atoms with Gasteiger partial charge in [0, 0.05) is 38.8 Å². The summed E-state index contributed by atoms with van der Waals surface area (Å²) >= 11 is 0. The van der Waals surface area contributed by atoms with Crippen LogP contribution in [-0.4, -0.2) is 44.5 Å². The molecule has 2 N–H and O–H groups in total. The van der Waals surface area contributed by atoms with Gasteiger partial charge in [-0.3, -0.25) is 19.4 Å². The van der Waals surface area contributed by atoms with E-state index in [1.54, 1.807) is 23.1 Å². The van der Waals surface area contributed by atoms with Crippen molar-refractivity contribution in [3.63, 3.8) is 0 Å². The Labute approximate surface area is 222 Å². The van der Waals surface area contributed by atoms with E-state index in [-0.39, 0.29) is 36.9 Å². The molecule has 39 heavy (non-hydrogen) atoms. The van der Waals surface area contributed by atoms with Crippen molar-refractivity contribution < 1.29 is 23.5 Å². The first-order valence-electron chi connectivity index (χ1n) is 12.6. The second-order valence-corrected chi connectivity index (χ2v) is 9.49. The minimum Gasteiger partial charge on any atom is -0.505 e. The zero-order valence-corrected chi connectivity index (χ0v) is 21.0. The Morgan fingerprint density at radius 3 is 2.26 bits per heavy atom. The summed E-state index contributed by atoms with van der Waals surface area (Å²) in [6.07, 6.45) is 3.13. The van der Waals surface area contributed by atoms with E-state index in [0.29, 0.717) is 36.0 Å². The number of halogens is 2. The molecule has 10 heteroatoms. The van der Waals surface area contributed by atoms with Crippen LogP contribution in [0.15, 0.2) is 65.6 Å². The number of hydrogen-bond acceptors (Lipinski definition) is 5. The largest absolute Gasteiger partial charge is 0.505 e. The molecule has 0 unspecified atom stereocenters. The molecule has 2 aromatic heterocycles. The molecule has 0 spiro atoms. The Kier molecular flexibility index (Phi) is 7.36. The maximum Gasteiger partial charge on any atom is 0.267 e. The fourth-order valence-corrected chi connectivity index (χ4v) is 4.74. The number of nitrogens with one attached hydrogen (secondary N) is 1. The molecule has 1 aliphatic rings. The lowest BCUT2D eigenvalue weighted by Crippen LogP contribution is -2.36. The fourth-order valence-electron chi connectivity index (χ4n) is 4.74. The Balaban J connectivity index is 1.51. The summed E-state index contributed by atoms with van der Waals surface area (Å²) in [5.41, 5.74) is 1.36. The van der Waals surface area contributed by atoms with Gasteiger partial charge in [0.25, 0.3) is 11.5 Å². The zero-order chi connectivity index (χ0) is 27.5. The van der Waals surface area contributed by atoms with Gasteiger partial charge in [-0.2, -0.15) is 0 Å². The van der Waals surface area contributed by atoms with Crippen molar-refractivity contribution in [3.05, 3.63) is 105 Å². The lowest BCUT2D eigenvalue weighted by atomic mass is 10.1. The molecule has 2 amide bonds. The van der Waals surface area contributed by atoms with Crippen molar-refractivity contribution in [2.24, 2.45) is 0 Å². The minimum absolute atomic E-state index is 0.00137. The number of benzene rings is 2. The van der Waals surface area contributed by atoms with Crippen molar-refractivity contribution in [2.45, 2.75) is 32.4 Å². The van der Waals surface area contributed by atoms with Gasteiger partial charge in [-0.25, -0.2) is 8.78 Å². The molecule has 0 radical (unpaired) electrons. The van der Waals surface area contributed by atoms with Gasteiger partial charge in [0.15, 0.2) is 5.75 Å². The van der Waals surface area contributed by atoms with Crippen LogP contribution in [0.2, 0.25) is 0 Å². The monoisotopic (exact) mass is 532 g/mol. The highest BCUT2D eigenvalue weighted by molar-refractivity contribution is 6.01. The normalized spacial score (nSPS) is 13.3. The van der Waals surface area contributed by atoms with E-state index in [2.05, 4.69) is 10.3 Å².